The van der Waals surface area contributed by atoms with Crippen LogP contribution in [0.15, 0.2) is 0 Å². The summed E-state index contributed by atoms with van der Waals surface area (Å²) in [6.07, 6.45) is 7.43. The zero-order valence-corrected chi connectivity index (χ0v) is 11.0. The van der Waals surface area contributed by atoms with Crippen LogP contribution in [0.25, 0.3) is 0 Å². The van der Waals surface area contributed by atoms with E-state index in [2.05, 4.69) is 10.1 Å². The summed E-state index contributed by atoms with van der Waals surface area (Å²) in [4.78, 5) is 23.3. The van der Waals surface area contributed by atoms with Crippen molar-refractivity contribution in [2.24, 2.45) is 5.92 Å². The van der Waals surface area contributed by atoms with Crippen LogP contribution in [0.5, 0.6) is 0 Å². The van der Waals surface area contributed by atoms with Crippen molar-refractivity contribution in [3.63, 3.8) is 0 Å². The van der Waals surface area contributed by atoms with Crippen LogP contribution in [0.3, 0.4) is 0 Å². The number of aliphatic hydroxyl groups is 1. The molecule has 0 aliphatic heterocycles. The third-order valence-corrected chi connectivity index (χ3v) is 3.46. The predicted octanol–water partition coefficient (Wildman–Crippen LogP) is 0.997. The number of aliphatic hydroxyl groups excluding tert-OH is 1. The van der Waals surface area contributed by atoms with Gasteiger partial charge >= 0.3 is 5.97 Å². The van der Waals surface area contributed by atoms with E-state index in [1.807, 2.05) is 0 Å². The van der Waals surface area contributed by atoms with E-state index in [0.717, 1.165) is 25.7 Å². The van der Waals surface area contributed by atoms with Gasteiger partial charge in [0.2, 0.25) is 5.91 Å². The van der Waals surface area contributed by atoms with Crippen LogP contribution in [0.4, 0.5) is 0 Å². The number of carbonyl (C=O) groups is 2. The monoisotopic (exact) mass is 257 g/mol. The number of rotatable bonds is 4. The molecule has 0 aromatic rings. The topological polar surface area (TPSA) is 75.6 Å². The van der Waals surface area contributed by atoms with E-state index in [9.17, 15) is 9.59 Å². The first-order chi connectivity index (χ1) is 8.69. The van der Waals surface area contributed by atoms with E-state index in [1.165, 1.54) is 26.4 Å². The second-order valence-corrected chi connectivity index (χ2v) is 4.81. The smallest absolute Gasteiger partial charge is 0.330 e. The molecule has 1 rings (SSSR count). The molecule has 104 valence electrons. The minimum Gasteiger partial charge on any atom is -0.467 e. The van der Waals surface area contributed by atoms with Crippen molar-refractivity contribution in [2.45, 2.75) is 51.0 Å². The Labute approximate surface area is 108 Å². The second-order valence-electron chi connectivity index (χ2n) is 4.81. The van der Waals surface area contributed by atoms with Crippen molar-refractivity contribution >= 4 is 11.9 Å². The average molecular weight is 257 g/mol. The summed E-state index contributed by atoms with van der Waals surface area (Å²) in [6, 6.07) is -0.937. The van der Waals surface area contributed by atoms with Crippen LogP contribution in [0.2, 0.25) is 0 Å². The van der Waals surface area contributed by atoms with Gasteiger partial charge in [0.05, 0.1) is 13.7 Å². The summed E-state index contributed by atoms with van der Waals surface area (Å²) < 4.78 is 4.52. The van der Waals surface area contributed by atoms with Crippen LogP contribution in [-0.2, 0) is 14.3 Å². The van der Waals surface area contributed by atoms with Crippen molar-refractivity contribution < 1.29 is 19.4 Å². The van der Waals surface area contributed by atoms with Crippen molar-refractivity contribution in [1.29, 1.82) is 0 Å². The Morgan fingerprint density at radius 2 is 1.78 bits per heavy atom. The molecule has 5 heteroatoms. The average Bonchev–Trinajstić information content (AvgIpc) is 2.34. The highest BCUT2D eigenvalue weighted by Crippen LogP contribution is 2.22. The van der Waals surface area contributed by atoms with Gasteiger partial charge < -0.3 is 15.2 Å². The molecule has 0 saturated heterocycles. The van der Waals surface area contributed by atoms with Gasteiger partial charge in [0.15, 0.2) is 6.04 Å². The molecule has 1 amide bonds. The van der Waals surface area contributed by atoms with Crippen LogP contribution >= 0.6 is 0 Å². The first kappa shape index (κ1) is 15.0. The van der Waals surface area contributed by atoms with E-state index >= 15 is 0 Å². The lowest BCUT2D eigenvalue weighted by molar-refractivity contribution is -0.146. The maximum absolute atomic E-state index is 12.0. The van der Waals surface area contributed by atoms with Gasteiger partial charge in [0, 0.05) is 5.92 Å². The fourth-order valence-electron chi connectivity index (χ4n) is 2.33. The fourth-order valence-corrected chi connectivity index (χ4v) is 2.33. The Kier molecular flexibility index (Phi) is 6.72. The molecule has 0 bridgehead atoms. The van der Waals surface area contributed by atoms with E-state index in [-0.39, 0.29) is 11.8 Å². The number of esters is 1. The predicted molar refractivity (Wildman–Crippen MR) is 66.8 cm³/mol. The quantitative estimate of drug-likeness (QED) is 0.737. The third kappa shape index (κ3) is 4.64. The maximum Gasteiger partial charge on any atom is 0.330 e. The molecule has 1 fully saturated rings. The number of nitrogens with one attached hydrogen (secondary N) is 1. The van der Waals surface area contributed by atoms with Crippen molar-refractivity contribution in [3.8, 4) is 0 Å². The molecule has 1 atom stereocenters. The first-order valence-electron chi connectivity index (χ1n) is 6.68. The highest BCUT2D eigenvalue weighted by molar-refractivity contribution is 5.85. The number of ether oxygens (including phenoxy) is 1. The Morgan fingerprint density at radius 3 is 2.28 bits per heavy atom. The fraction of sp³-hybridized carbons (Fsp3) is 0.846. The summed E-state index contributed by atoms with van der Waals surface area (Å²) >= 11 is 0. The summed E-state index contributed by atoms with van der Waals surface area (Å²) in [5.41, 5.74) is 0. The van der Waals surface area contributed by atoms with E-state index in [0.29, 0.717) is 0 Å². The Bertz CT molecular complexity index is 272. The minimum absolute atomic E-state index is 0.0380. The Balaban J connectivity index is 2.48. The SMILES string of the molecule is COC(=O)C(CO)NC(=O)C1CCCCCCC1. The number of hydrogen-bond donors (Lipinski definition) is 2. The van der Waals surface area contributed by atoms with E-state index in [4.69, 9.17) is 5.11 Å². The molecule has 0 heterocycles. The molecule has 0 aromatic heterocycles. The van der Waals surface area contributed by atoms with Gasteiger partial charge in [-0.3, -0.25) is 4.79 Å². The third-order valence-electron chi connectivity index (χ3n) is 3.46. The number of carbonyl (C=O) groups excluding carboxylic acids is 2. The standard InChI is InChI=1S/C13H23NO4/c1-18-13(17)11(9-15)14-12(16)10-7-5-3-2-4-6-8-10/h10-11,15H,2-9H2,1H3,(H,14,16). The van der Waals surface area contributed by atoms with Crippen LogP contribution in [0.1, 0.15) is 44.9 Å². The lowest BCUT2D eigenvalue weighted by atomic mass is 9.90. The molecule has 0 aromatic carbocycles. The number of amides is 1. The van der Waals surface area contributed by atoms with Crippen molar-refractivity contribution in [3.05, 3.63) is 0 Å². The number of hydrogen-bond acceptors (Lipinski definition) is 4. The van der Waals surface area contributed by atoms with Gasteiger partial charge in [-0.25, -0.2) is 4.79 Å². The molecule has 1 aliphatic rings. The summed E-state index contributed by atoms with van der Waals surface area (Å²) in [6.45, 7) is -0.425. The molecular weight excluding hydrogens is 234 g/mol. The van der Waals surface area contributed by atoms with Gasteiger partial charge in [0.1, 0.15) is 0 Å². The largest absolute Gasteiger partial charge is 0.467 e. The highest BCUT2D eigenvalue weighted by Gasteiger charge is 2.25. The second kappa shape index (κ2) is 8.08. The van der Waals surface area contributed by atoms with Crippen LogP contribution in [0, 0.1) is 5.92 Å². The lowest BCUT2D eigenvalue weighted by Crippen LogP contribution is -2.46. The Hall–Kier alpha value is -1.10. The van der Waals surface area contributed by atoms with E-state index < -0.39 is 18.6 Å². The molecule has 1 saturated carbocycles. The molecule has 0 radical (unpaired) electrons. The Morgan fingerprint density at radius 1 is 1.22 bits per heavy atom. The molecule has 1 aliphatic carbocycles. The summed E-state index contributed by atoms with van der Waals surface area (Å²) in [5.74, 6) is -0.776. The summed E-state index contributed by atoms with van der Waals surface area (Å²) in [7, 11) is 1.24. The zero-order valence-electron chi connectivity index (χ0n) is 11.0. The maximum atomic E-state index is 12.0. The van der Waals surface area contributed by atoms with Crippen LogP contribution in [-0.4, -0.2) is 36.7 Å². The lowest BCUT2D eigenvalue weighted by Gasteiger charge is -2.21. The van der Waals surface area contributed by atoms with Gasteiger partial charge in [-0.2, -0.15) is 0 Å². The normalized spacial score (nSPS) is 19.4. The molecule has 2 N–H and O–H groups in total. The number of methoxy groups -OCH3 is 1. The molecule has 5 nitrogen and oxygen atoms in total. The van der Waals surface area contributed by atoms with Gasteiger partial charge in [-0.1, -0.05) is 32.1 Å². The summed E-state index contributed by atoms with van der Waals surface area (Å²) in [5, 5.41) is 11.6. The van der Waals surface area contributed by atoms with Crippen LogP contribution < -0.4 is 5.32 Å². The molecule has 1 unspecified atom stereocenters. The molecule has 0 spiro atoms. The molecular formula is C13H23NO4. The zero-order chi connectivity index (χ0) is 13.4. The van der Waals surface area contributed by atoms with Crippen molar-refractivity contribution in [1.82, 2.24) is 5.32 Å². The molecule has 18 heavy (non-hydrogen) atoms. The van der Waals surface area contributed by atoms with Gasteiger partial charge in [0.25, 0.3) is 0 Å². The first-order valence-corrected chi connectivity index (χ1v) is 6.68. The van der Waals surface area contributed by atoms with E-state index in [1.54, 1.807) is 0 Å². The minimum atomic E-state index is -0.937. The van der Waals surface area contributed by atoms with Crippen molar-refractivity contribution in [2.75, 3.05) is 13.7 Å². The highest BCUT2D eigenvalue weighted by atomic mass is 16.5. The van der Waals surface area contributed by atoms with Gasteiger partial charge in [-0.15, -0.1) is 0 Å². The van der Waals surface area contributed by atoms with Gasteiger partial charge in [-0.05, 0) is 12.8 Å².